The van der Waals surface area contributed by atoms with Crippen LogP contribution < -0.4 is 15.8 Å². The monoisotopic (exact) mass is 397 g/mol. The SMILES string of the molecule is CC(NC(=O)Nc1cccc(S(N)(=O)=O)c1)c1cccc(Br)c1. The van der Waals surface area contributed by atoms with Crippen molar-refractivity contribution in [1.82, 2.24) is 5.32 Å². The number of carbonyl (C=O) groups is 1. The summed E-state index contributed by atoms with van der Waals surface area (Å²) in [6.45, 7) is 1.85. The Hall–Kier alpha value is -1.90. The number of amides is 2. The van der Waals surface area contributed by atoms with Crippen LogP contribution in [0.4, 0.5) is 10.5 Å². The average Bonchev–Trinajstić information content (AvgIpc) is 2.46. The molecule has 0 heterocycles. The number of urea groups is 1. The molecule has 0 radical (unpaired) electrons. The number of benzene rings is 2. The topological polar surface area (TPSA) is 101 Å². The third-order valence-electron chi connectivity index (χ3n) is 3.12. The molecule has 0 saturated heterocycles. The fourth-order valence-corrected chi connectivity index (χ4v) is 2.95. The van der Waals surface area contributed by atoms with Crippen LogP contribution in [-0.4, -0.2) is 14.4 Å². The number of primary sulfonamides is 1. The maximum atomic E-state index is 12.0. The lowest BCUT2D eigenvalue weighted by molar-refractivity contribution is 0.249. The predicted molar refractivity (Wildman–Crippen MR) is 92.5 cm³/mol. The van der Waals surface area contributed by atoms with E-state index in [2.05, 4.69) is 26.6 Å². The molecule has 1 unspecified atom stereocenters. The molecule has 6 nitrogen and oxygen atoms in total. The van der Waals surface area contributed by atoms with E-state index in [1.54, 1.807) is 6.07 Å². The molecule has 0 bridgehead atoms. The van der Waals surface area contributed by atoms with Crippen molar-refractivity contribution in [2.24, 2.45) is 5.14 Å². The Bertz CT molecular complexity index is 824. The molecule has 0 aliphatic rings. The Kier molecular flexibility index (Phi) is 5.40. The summed E-state index contributed by atoms with van der Waals surface area (Å²) in [5.74, 6) is 0. The van der Waals surface area contributed by atoms with E-state index >= 15 is 0 Å². The lowest BCUT2D eigenvalue weighted by atomic mass is 10.1. The molecule has 1 atom stereocenters. The number of hydrogen-bond donors (Lipinski definition) is 3. The predicted octanol–water partition coefficient (Wildman–Crippen LogP) is 2.98. The van der Waals surface area contributed by atoms with E-state index in [0.29, 0.717) is 5.69 Å². The van der Waals surface area contributed by atoms with E-state index in [-0.39, 0.29) is 10.9 Å². The summed E-state index contributed by atoms with van der Waals surface area (Å²) in [5.41, 5.74) is 1.28. The van der Waals surface area contributed by atoms with E-state index < -0.39 is 16.1 Å². The molecule has 2 rings (SSSR count). The Labute approximate surface area is 143 Å². The molecule has 0 aliphatic carbocycles. The number of halogens is 1. The van der Waals surface area contributed by atoms with Gasteiger partial charge in [-0.05, 0) is 42.8 Å². The van der Waals surface area contributed by atoms with Crippen molar-refractivity contribution in [3.05, 3.63) is 58.6 Å². The lowest BCUT2D eigenvalue weighted by Gasteiger charge is -2.15. The van der Waals surface area contributed by atoms with Crippen LogP contribution in [0.3, 0.4) is 0 Å². The Morgan fingerprint density at radius 1 is 1.17 bits per heavy atom. The zero-order valence-corrected chi connectivity index (χ0v) is 14.7. The molecule has 4 N–H and O–H groups in total. The van der Waals surface area contributed by atoms with Gasteiger partial charge in [0.1, 0.15) is 0 Å². The van der Waals surface area contributed by atoms with Crippen molar-refractivity contribution in [2.45, 2.75) is 17.9 Å². The minimum atomic E-state index is -3.81. The summed E-state index contributed by atoms with van der Waals surface area (Å²) in [6, 6.07) is 12.7. The van der Waals surface area contributed by atoms with Crippen LogP contribution in [0.5, 0.6) is 0 Å². The first kappa shape index (κ1) is 17.5. The fourth-order valence-electron chi connectivity index (χ4n) is 1.97. The quantitative estimate of drug-likeness (QED) is 0.738. The van der Waals surface area contributed by atoms with Gasteiger partial charge in [-0.3, -0.25) is 0 Å². The van der Waals surface area contributed by atoms with Gasteiger partial charge in [0.05, 0.1) is 10.9 Å². The van der Waals surface area contributed by atoms with Crippen molar-refractivity contribution in [2.75, 3.05) is 5.32 Å². The third-order valence-corrected chi connectivity index (χ3v) is 4.52. The molecule has 0 aromatic heterocycles. The van der Waals surface area contributed by atoms with Crippen molar-refractivity contribution in [3.8, 4) is 0 Å². The Morgan fingerprint density at radius 3 is 2.52 bits per heavy atom. The largest absolute Gasteiger partial charge is 0.331 e. The molecule has 0 spiro atoms. The van der Waals surface area contributed by atoms with Crippen LogP contribution in [0.15, 0.2) is 57.9 Å². The molecule has 2 aromatic rings. The van der Waals surface area contributed by atoms with Gasteiger partial charge in [-0.25, -0.2) is 18.4 Å². The van der Waals surface area contributed by atoms with Crippen LogP contribution >= 0.6 is 15.9 Å². The molecule has 8 heteroatoms. The van der Waals surface area contributed by atoms with Crippen molar-refractivity contribution < 1.29 is 13.2 Å². The highest BCUT2D eigenvalue weighted by Gasteiger charge is 2.12. The lowest BCUT2D eigenvalue weighted by Crippen LogP contribution is -2.31. The zero-order chi connectivity index (χ0) is 17.0. The summed E-state index contributed by atoms with van der Waals surface area (Å²) < 4.78 is 23.5. The van der Waals surface area contributed by atoms with Crippen molar-refractivity contribution in [1.29, 1.82) is 0 Å². The van der Waals surface area contributed by atoms with Gasteiger partial charge in [0.2, 0.25) is 10.0 Å². The summed E-state index contributed by atoms with van der Waals surface area (Å²) in [6.07, 6.45) is 0. The smallest absolute Gasteiger partial charge is 0.319 e. The second-order valence-electron chi connectivity index (χ2n) is 4.95. The summed E-state index contributed by atoms with van der Waals surface area (Å²) >= 11 is 3.38. The van der Waals surface area contributed by atoms with Gasteiger partial charge in [-0.1, -0.05) is 34.1 Å². The van der Waals surface area contributed by atoms with Crippen molar-refractivity contribution in [3.63, 3.8) is 0 Å². The van der Waals surface area contributed by atoms with E-state index in [9.17, 15) is 13.2 Å². The molecule has 2 aromatic carbocycles. The van der Waals surface area contributed by atoms with Gasteiger partial charge in [-0.2, -0.15) is 0 Å². The van der Waals surface area contributed by atoms with Crippen LogP contribution in [0.25, 0.3) is 0 Å². The van der Waals surface area contributed by atoms with Gasteiger partial charge in [0.25, 0.3) is 0 Å². The molecule has 0 aliphatic heterocycles. The maximum Gasteiger partial charge on any atom is 0.319 e. The summed E-state index contributed by atoms with van der Waals surface area (Å²) in [4.78, 5) is 12.0. The maximum absolute atomic E-state index is 12.0. The minimum Gasteiger partial charge on any atom is -0.331 e. The number of nitrogens with two attached hydrogens (primary N) is 1. The number of sulfonamides is 1. The molecule has 2 amide bonds. The van der Waals surface area contributed by atoms with Gasteiger partial charge in [0, 0.05) is 10.2 Å². The Balaban J connectivity index is 2.05. The minimum absolute atomic E-state index is 0.0599. The molecule has 122 valence electrons. The highest BCUT2D eigenvalue weighted by Crippen LogP contribution is 2.18. The van der Waals surface area contributed by atoms with E-state index in [4.69, 9.17) is 5.14 Å². The molecule has 0 saturated carbocycles. The number of nitrogens with one attached hydrogen (secondary N) is 2. The van der Waals surface area contributed by atoms with Gasteiger partial charge in [0.15, 0.2) is 0 Å². The first-order chi connectivity index (χ1) is 10.8. The molecular formula is C15H16BrN3O3S. The molecule has 0 fully saturated rings. The van der Waals surface area contributed by atoms with Crippen LogP contribution in [0.2, 0.25) is 0 Å². The van der Waals surface area contributed by atoms with E-state index in [1.165, 1.54) is 18.2 Å². The fraction of sp³-hybridized carbons (Fsp3) is 0.133. The first-order valence-corrected chi connectivity index (χ1v) is 9.05. The highest BCUT2D eigenvalue weighted by molar-refractivity contribution is 9.10. The van der Waals surface area contributed by atoms with Gasteiger partial charge >= 0.3 is 6.03 Å². The zero-order valence-electron chi connectivity index (χ0n) is 12.3. The first-order valence-electron chi connectivity index (χ1n) is 6.71. The summed E-state index contributed by atoms with van der Waals surface area (Å²) in [7, 11) is -3.81. The normalized spacial score (nSPS) is 12.5. The third kappa shape index (κ3) is 5.05. The van der Waals surface area contributed by atoms with Gasteiger partial charge < -0.3 is 10.6 Å². The van der Waals surface area contributed by atoms with Crippen LogP contribution in [0, 0.1) is 0 Å². The van der Waals surface area contributed by atoms with Crippen LogP contribution in [-0.2, 0) is 10.0 Å². The molecule has 23 heavy (non-hydrogen) atoms. The Morgan fingerprint density at radius 2 is 1.87 bits per heavy atom. The number of hydrogen-bond acceptors (Lipinski definition) is 3. The second kappa shape index (κ2) is 7.12. The standard InChI is InChI=1S/C15H16BrN3O3S/c1-10(11-4-2-5-12(16)8-11)18-15(20)19-13-6-3-7-14(9-13)23(17,21)22/h2-10H,1H3,(H2,17,21,22)(H2,18,19,20). The van der Waals surface area contributed by atoms with Crippen LogP contribution in [0.1, 0.15) is 18.5 Å². The van der Waals surface area contributed by atoms with Gasteiger partial charge in [-0.15, -0.1) is 0 Å². The summed E-state index contributed by atoms with van der Waals surface area (Å²) in [5, 5.41) is 10.4. The average molecular weight is 398 g/mol. The highest BCUT2D eigenvalue weighted by atomic mass is 79.9. The number of carbonyl (C=O) groups excluding carboxylic acids is 1. The molecular weight excluding hydrogens is 382 g/mol. The second-order valence-corrected chi connectivity index (χ2v) is 7.43. The van der Waals surface area contributed by atoms with E-state index in [0.717, 1.165) is 10.0 Å². The number of anilines is 1. The van der Waals surface area contributed by atoms with Crippen molar-refractivity contribution >= 4 is 37.7 Å². The number of rotatable bonds is 4. The van der Waals surface area contributed by atoms with E-state index in [1.807, 2.05) is 31.2 Å².